The van der Waals surface area contributed by atoms with E-state index >= 15 is 0 Å². The second kappa shape index (κ2) is 5.01. The molecule has 0 unspecified atom stereocenters. The number of carbonyl (C=O) groups excluding carboxylic acids is 2. The van der Waals surface area contributed by atoms with Crippen LogP contribution in [0.4, 0.5) is 5.69 Å². The molecule has 1 fully saturated rings. The van der Waals surface area contributed by atoms with Crippen LogP contribution in [0.3, 0.4) is 0 Å². The van der Waals surface area contributed by atoms with Crippen molar-refractivity contribution in [1.29, 1.82) is 0 Å². The molecular weight excluding hydrogens is 309 g/mol. The van der Waals surface area contributed by atoms with Crippen molar-refractivity contribution in [3.63, 3.8) is 0 Å². The summed E-state index contributed by atoms with van der Waals surface area (Å²) in [6, 6.07) is 0. The van der Waals surface area contributed by atoms with Gasteiger partial charge < -0.3 is 10.6 Å². The van der Waals surface area contributed by atoms with Crippen molar-refractivity contribution < 1.29 is 9.59 Å². The van der Waals surface area contributed by atoms with Gasteiger partial charge >= 0.3 is 0 Å². The van der Waals surface area contributed by atoms with Crippen LogP contribution < -0.4 is 10.6 Å². The smallest absolute Gasteiger partial charge is 0.229 e. The van der Waals surface area contributed by atoms with Gasteiger partial charge in [-0.25, -0.2) is 0 Å². The summed E-state index contributed by atoms with van der Waals surface area (Å²) in [5.74, 6) is -0.689. The molecule has 2 rings (SSSR count). The van der Waals surface area contributed by atoms with E-state index in [1.165, 1.54) is 6.20 Å². The lowest BCUT2D eigenvalue weighted by Gasteiger charge is -2.10. The summed E-state index contributed by atoms with van der Waals surface area (Å²) >= 11 is 9.21. The quantitative estimate of drug-likeness (QED) is 0.869. The monoisotopic (exact) mass is 317 g/mol. The molecule has 2 heterocycles. The lowest BCUT2D eigenvalue weighted by molar-refractivity contribution is -0.123. The zero-order valence-corrected chi connectivity index (χ0v) is 11.0. The fourth-order valence-corrected chi connectivity index (χ4v) is 2.01. The highest BCUT2D eigenvalue weighted by atomic mass is 79.9. The van der Waals surface area contributed by atoms with Crippen molar-refractivity contribution in [1.82, 2.24) is 10.3 Å². The third kappa shape index (κ3) is 2.76. The molecule has 1 aliphatic rings. The van der Waals surface area contributed by atoms with E-state index in [-0.39, 0.29) is 24.2 Å². The van der Waals surface area contributed by atoms with Crippen molar-refractivity contribution in [2.24, 2.45) is 5.92 Å². The SMILES string of the molecule is O=C1C[C@@H](C(=O)Nc2cncc(Br)c2Cl)CN1. The Balaban J connectivity index is 2.08. The highest BCUT2D eigenvalue weighted by molar-refractivity contribution is 9.10. The number of pyridine rings is 1. The van der Waals surface area contributed by atoms with Crippen molar-refractivity contribution in [2.75, 3.05) is 11.9 Å². The van der Waals surface area contributed by atoms with E-state index in [2.05, 4.69) is 31.5 Å². The van der Waals surface area contributed by atoms with Crippen LogP contribution in [0, 0.1) is 5.92 Å². The largest absolute Gasteiger partial charge is 0.355 e. The minimum Gasteiger partial charge on any atom is -0.355 e. The van der Waals surface area contributed by atoms with E-state index < -0.39 is 0 Å². The maximum atomic E-state index is 11.8. The first-order chi connectivity index (χ1) is 8.08. The molecule has 2 amide bonds. The van der Waals surface area contributed by atoms with Gasteiger partial charge in [0.2, 0.25) is 11.8 Å². The summed E-state index contributed by atoms with van der Waals surface area (Å²) in [4.78, 5) is 26.7. The molecule has 0 spiro atoms. The standard InChI is InChI=1S/C10H9BrClN3O2/c11-6-3-13-4-7(9(6)12)15-10(17)5-1-8(16)14-2-5/h3-5H,1-2H2,(H,14,16)(H,15,17)/t5-/m1/s1. The maximum absolute atomic E-state index is 11.8. The molecule has 1 aromatic rings. The van der Waals surface area contributed by atoms with E-state index in [9.17, 15) is 9.59 Å². The number of nitrogens with one attached hydrogen (secondary N) is 2. The van der Waals surface area contributed by atoms with Crippen molar-refractivity contribution in [3.05, 3.63) is 21.9 Å². The Labute approximate surface area is 111 Å². The van der Waals surface area contributed by atoms with E-state index in [0.29, 0.717) is 21.7 Å². The van der Waals surface area contributed by atoms with E-state index in [4.69, 9.17) is 11.6 Å². The summed E-state index contributed by atoms with van der Waals surface area (Å²) in [6.07, 6.45) is 3.22. The Bertz CT molecular complexity index is 481. The lowest BCUT2D eigenvalue weighted by atomic mass is 10.1. The first-order valence-corrected chi connectivity index (χ1v) is 6.11. The van der Waals surface area contributed by atoms with E-state index in [1.807, 2.05) is 0 Å². The number of amides is 2. The fourth-order valence-electron chi connectivity index (χ4n) is 1.53. The van der Waals surface area contributed by atoms with Gasteiger partial charge in [0, 0.05) is 19.2 Å². The average molecular weight is 319 g/mol. The highest BCUT2D eigenvalue weighted by Gasteiger charge is 2.28. The van der Waals surface area contributed by atoms with Gasteiger partial charge in [-0.05, 0) is 15.9 Å². The normalized spacial score (nSPS) is 18.9. The molecule has 0 saturated carbocycles. The Kier molecular flexibility index (Phi) is 3.63. The minimum atomic E-state index is -0.349. The Morgan fingerprint density at radius 3 is 3.00 bits per heavy atom. The van der Waals surface area contributed by atoms with Crippen molar-refractivity contribution in [3.8, 4) is 0 Å². The van der Waals surface area contributed by atoms with Crippen molar-refractivity contribution >= 4 is 45.0 Å². The molecule has 1 saturated heterocycles. The molecule has 17 heavy (non-hydrogen) atoms. The number of hydrogen-bond donors (Lipinski definition) is 2. The minimum absolute atomic E-state index is 0.108. The van der Waals surface area contributed by atoms with Gasteiger partial charge in [0.25, 0.3) is 0 Å². The number of hydrogen-bond acceptors (Lipinski definition) is 3. The topological polar surface area (TPSA) is 71.1 Å². The van der Waals surface area contributed by atoms with Gasteiger partial charge in [-0.1, -0.05) is 11.6 Å². The van der Waals surface area contributed by atoms with Crippen LogP contribution in [0.2, 0.25) is 5.02 Å². The van der Waals surface area contributed by atoms with Crippen molar-refractivity contribution in [2.45, 2.75) is 6.42 Å². The summed E-state index contributed by atoms with van der Waals surface area (Å²) in [5.41, 5.74) is 0.436. The number of anilines is 1. The summed E-state index contributed by atoms with van der Waals surface area (Å²) in [7, 11) is 0. The highest BCUT2D eigenvalue weighted by Crippen LogP contribution is 2.29. The molecule has 0 aromatic carbocycles. The molecule has 1 aliphatic heterocycles. The molecule has 1 aromatic heterocycles. The summed E-state index contributed by atoms with van der Waals surface area (Å²) in [5, 5.41) is 5.66. The predicted molar refractivity (Wildman–Crippen MR) is 66.7 cm³/mol. The maximum Gasteiger partial charge on any atom is 0.229 e. The van der Waals surface area contributed by atoms with Crippen LogP contribution >= 0.6 is 27.5 Å². The van der Waals surface area contributed by atoms with Gasteiger partial charge in [0.15, 0.2) is 0 Å². The molecule has 90 valence electrons. The molecule has 0 bridgehead atoms. The molecule has 5 nitrogen and oxygen atoms in total. The molecule has 2 N–H and O–H groups in total. The Morgan fingerprint density at radius 1 is 1.59 bits per heavy atom. The first-order valence-electron chi connectivity index (χ1n) is 4.94. The molecule has 0 aliphatic carbocycles. The zero-order valence-electron chi connectivity index (χ0n) is 8.67. The van der Waals surface area contributed by atoms with Gasteiger partial charge in [-0.3, -0.25) is 14.6 Å². The molecule has 1 atom stereocenters. The average Bonchev–Trinajstić information content (AvgIpc) is 2.72. The van der Waals surface area contributed by atoms with Crippen LogP contribution in [0.25, 0.3) is 0 Å². The number of aromatic nitrogens is 1. The number of carbonyl (C=O) groups is 2. The fraction of sp³-hybridized carbons (Fsp3) is 0.300. The van der Waals surface area contributed by atoms with Gasteiger partial charge in [-0.15, -0.1) is 0 Å². The van der Waals surface area contributed by atoms with Gasteiger partial charge in [-0.2, -0.15) is 0 Å². The molecule has 7 heteroatoms. The van der Waals surface area contributed by atoms with Gasteiger partial charge in [0.05, 0.1) is 27.3 Å². The van der Waals surface area contributed by atoms with Crippen LogP contribution in [-0.2, 0) is 9.59 Å². The number of halogens is 2. The Morgan fingerprint density at radius 2 is 2.35 bits per heavy atom. The lowest BCUT2D eigenvalue weighted by Crippen LogP contribution is -2.24. The van der Waals surface area contributed by atoms with Crippen LogP contribution in [0.15, 0.2) is 16.9 Å². The van der Waals surface area contributed by atoms with Gasteiger partial charge in [0.1, 0.15) is 0 Å². The summed E-state index contributed by atoms with van der Waals surface area (Å²) in [6.45, 7) is 0.365. The second-order valence-electron chi connectivity index (χ2n) is 3.68. The van der Waals surface area contributed by atoms with Crippen LogP contribution in [0.5, 0.6) is 0 Å². The van der Waals surface area contributed by atoms with Crippen LogP contribution in [-0.4, -0.2) is 23.3 Å². The predicted octanol–water partition coefficient (Wildman–Crippen LogP) is 1.57. The zero-order chi connectivity index (χ0) is 12.4. The number of nitrogens with zero attached hydrogens (tertiary/aromatic N) is 1. The van der Waals surface area contributed by atoms with E-state index in [0.717, 1.165) is 0 Å². The Hall–Kier alpha value is -1.14. The first kappa shape index (κ1) is 12.3. The third-order valence-corrected chi connectivity index (χ3v) is 3.68. The third-order valence-electron chi connectivity index (χ3n) is 2.44. The van der Waals surface area contributed by atoms with E-state index in [1.54, 1.807) is 6.20 Å². The number of rotatable bonds is 2. The molecule has 0 radical (unpaired) electrons. The molecular formula is C10H9BrClN3O2. The summed E-state index contributed by atoms with van der Waals surface area (Å²) < 4.78 is 0.609. The van der Waals surface area contributed by atoms with Crippen LogP contribution in [0.1, 0.15) is 6.42 Å². The second-order valence-corrected chi connectivity index (χ2v) is 4.91.